The van der Waals surface area contributed by atoms with Gasteiger partial charge in [-0.25, -0.2) is 0 Å². The molecule has 2 aliphatic rings. The summed E-state index contributed by atoms with van der Waals surface area (Å²) in [6, 6.07) is 0. The summed E-state index contributed by atoms with van der Waals surface area (Å²) >= 11 is 0. The number of carbonyl (C=O) groups is 1. The van der Waals surface area contributed by atoms with Crippen LogP contribution in [0.4, 0.5) is 0 Å². The Morgan fingerprint density at radius 2 is 1.86 bits per heavy atom. The van der Waals surface area contributed by atoms with Crippen LogP contribution < -0.4 is 5.32 Å². The fourth-order valence-electron chi connectivity index (χ4n) is 3.67. The Morgan fingerprint density at radius 3 is 2.55 bits per heavy atom. The van der Waals surface area contributed by atoms with Gasteiger partial charge in [0.05, 0.1) is 6.10 Å². The van der Waals surface area contributed by atoms with Crippen molar-refractivity contribution in [3.8, 4) is 0 Å². The number of aliphatic hydroxyl groups excluding tert-OH is 1. The summed E-state index contributed by atoms with van der Waals surface area (Å²) in [5, 5.41) is 13.3. The number of nitrogens with zero attached hydrogens (tertiary/aromatic N) is 2. The minimum atomic E-state index is -0.257. The first kappa shape index (κ1) is 17.7. The molecule has 2 N–H and O–H groups in total. The first-order valence-corrected chi connectivity index (χ1v) is 8.90. The number of carbonyl (C=O) groups excluding carboxylic acids is 1. The molecule has 22 heavy (non-hydrogen) atoms. The molecule has 2 unspecified atom stereocenters. The molecule has 2 saturated heterocycles. The SMILES string of the molecule is CC(=O)NCC1CCCN(CC(O)CN2CCC(C)CC2)C1. The second kappa shape index (κ2) is 8.85. The Hall–Kier alpha value is -0.650. The van der Waals surface area contributed by atoms with Crippen molar-refractivity contribution in [3.63, 3.8) is 0 Å². The van der Waals surface area contributed by atoms with Crippen LogP contribution >= 0.6 is 0 Å². The van der Waals surface area contributed by atoms with E-state index < -0.39 is 0 Å². The number of amides is 1. The number of hydrogen-bond donors (Lipinski definition) is 2. The van der Waals surface area contributed by atoms with E-state index in [0.717, 1.165) is 58.2 Å². The third-order valence-corrected chi connectivity index (χ3v) is 5.06. The highest BCUT2D eigenvalue weighted by Crippen LogP contribution is 2.18. The number of hydrogen-bond acceptors (Lipinski definition) is 4. The fourth-order valence-corrected chi connectivity index (χ4v) is 3.67. The molecule has 2 heterocycles. The second-order valence-electron chi connectivity index (χ2n) is 7.34. The van der Waals surface area contributed by atoms with Crippen molar-refractivity contribution in [1.29, 1.82) is 0 Å². The maximum atomic E-state index is 11.0. The number of aliphatic hydroxyl groups is 1. The number of β-amino-alcohol motifs (C(OH)–C–C–N with tert-alkyl or cyclic N) is 1. The van der Waals surface area contributed by atoms with Gasteiger partial charge in [-0.15, -0.1) is 0 Å². The van der Waals surface area contributed by atoms with Crippen molar-refractivity contribution < 1.29 is 9.90 Å². The van der Waals surface area contributed by atoms with Crippen LogP contribution in [0.1, 0.15) is 39.5 Å². The quantitative estimate of drug-likeness (QED) is 0.766. The van der Waals surface area contributed by atoms with Crippen molar-refractivity contribution >= 4 is 5.91 Å². The molecular weight excluding hydrogens is 278 g/mol. The van der Waals surface area contributed by atoms with E-state index in [4.69, 9.17) is 0 Å². The Bertz CT molecular complexity index is 343. The molecular formula is C17H33N3O2. The average molecular weight is 311 g/mol. The predicted octanol–water partition coefficient (Wildman–Crippen LogP) is 0.927. The Kier molecular flexibility index (Phi) is 7.12. The van der Waals surface area contributed by atoms with E-state index in [-0.39, 0.29) is 12.0 Å². The maximum Gasteiger partial charge on any atom is 0.216 e. The lowest BCUT2D eigenvalue weighted by Gasteiger charge is -2.36. The summed E-state index contributed by atoms with van der Waals surface area (Å²) in [5.41, 5.74) is 0. The standard InChI is InChI=1S/C17H33N3O2/c1-14-5-8-19(9-6-14)12-17(22)13-20-7-3-4-16(11-20)10-18-15(2)21/h14,16-17,22H,3-13H2,1-2H3,(H,18,21). The molecule has 0 aliphatic carbocycles. The Balaban J connectivity index is 1.67. The molecule has 2 fully saturated rings. The molecule has 2 aliphatic heterocycles. The summed E-state index contributed by atoms with van der Waals surface area (Å²) in [6.07, 6.45) is 4.60. The van der Waals surface area contributed by atoms with Crippen LogP contribution in [-0.2, 0) is 4.79 Å². The number of likely N-dealkylation sites (tertiary alicyclic amines) is 2. The van der Waals surface area contributed by atoms with E-state index in [1.807, 2.05) is 0 Å². The smallest absolute Gasteiger partial charge is 0.216 e. The minimum absolute atomic E-state index is 0.0523. The predicted molar refractivity (Wildman–Crippen MR) is 88.7 cm³/mol. The minimum Gasteiger partial charge on any atom is -0.390 e. The molecule has 2 atom stereocenters. The van der Waals surface area contributed by atoms with Crippen molar-refractivity contribution in [2.24, 2.45) is 11.8 Å². The lowest BCUT2D eigenvalue weighted by atomic mass is 9.97. The fraction of sp³-hybridized carbons (Fsp3) is 0.941. The molecule has 0 bridgehead atoms. The highest BCUT2D eigenvalue weighted by molar-refractivity contribution is 5.72. The van der Waals surface area contributed by atoms with Crippen LogP contribution in [0.5, 0.6) is 0 Å². The first-order valence-electron chi connectivity index (χ1n) is 8.90. The van der Waals surface area contributed by atoms with Gasteiger partial charge in [-0.05, 0) is 57.2 Å². The molecule has 5 nitrogen and oxygen atoms in total. The van der Waals surface area contributed by atoms with Crippen LogP contribution in [0, 0.1) is 11.8 Å². The molecule has 2 rings (SSSR count). The normalized spacial score (nSPS) is 26.8. The third-order valence-electron chi connectivity index (χ3n) is 5.06. The van der Waals surface area contributed by atoms with Gasteiger partial charge in [0.25, 0.3) is 0 Å². The van der Waals surface area contributed by atoms with E-state index in [0.29, 0.717) is 5.92 Å². The van der Waals surface area contributed by atoms with Gasteiger partial charge >= 0.3 is 0 Å². The number of rotatable bonds is 6. The van der Waals surface area contributed by atoms with Crippen LogP contribution in [0.15, 0.2) is 0 Å². The monoisotopic (exact) mass is 311 g/mol. The summed E-state index contributed by atoms with van der Waals surface area (Å²) in [7, 11) is 0. The first-order chi connectivity index (χ1) is 10.5. The lowest BCUT2D eigenvalue weighted by Crippen LogP contribution is -2.47. The van der Waals surface area contributed by atoms with E-state index in [2.05, 4.69) is 22.0 Å². The zero-order valence-electron chi connectivity index (χ0n) is 14.3. The molecule has 1 amide bonds. The van der Waals surface area contributed by atoms with Gasteiger partial charge in [-0.2, -0.15) is 0 Å². The van der Waals surface area contributed by atoms with Crippen LogP contribution in [0.3, 0.4) is 0 Å². The van der Waals surface area contributed by atoms with Gasteiger partial charge in [0.15, 0.2) is 0 Å². The average Bonchev–Trinajstić information content (AvgIpc) is 2.48. The molecule has 0 aromatic heterocycles. The number of piperidine rings is 2. The van der Waals surface area contributed by atoms with Crippen molar-refractivity contribution in [1.82, 2.24) is 15.1 Å². The molecule has 0 aromatic carbocycles. The van der Waals surface area contributed by atoms with Crippen molar-refractivity contribution in [2.75, 3.05) is 45.8 Å². The Morgan fingerprint density at radius 1 is 1.18 bits per heavy atom. The molecule has 0 aromatic rings. The summed E-state index contributed by atoms with van der Waals surface area (Å²) in [6.45, 7) is 10.6. The maximum absolute atomic E-state index is 11.0. The van der Waals surface area contributed by atoms with Gasteiger partial charge in [0, 0.05) is 33.1 Å². The third kappa shape index (κ3) is 6.23. The second-order valence-corrected chi connectivity index (χ2v) is 7.34. The largest absolute Gasteiger partial charge is 0.390 e. The molecule has 0 saturated carbocycles. The van der Waals surface area contributed by atoms with Gasteiger partial charge in [-0.1, -0.05) is 6.92 Å². The van der Waals surface area contributed by atoms with Gasteiger partial charge in [-0.3, -0.25) is 4.79 Å². The summed E-state index contributed by atoms with van der Waals surface area (Å²) in [4.78, 5) is 15.8. The topological polar surface area (TPSA) is 55.8 Å². The Labute approximate surface area is 135 Å². The zero-order chi connectivity index (χ0) is 15.9. The van der Waals surface area contributed by atoms with Gasteiger partial charge < -0.3 is 20.2 Å². The highest BCUT2D eigenvalue weighted by atomic mass is 16.3. The summed E-state index contributed by atoms with van der Waals surface area (Å²) in [5.74, 6) is 1.42. The van der Waals surface area contributed by atoms with E-state index in [1.54, 1.807) is 6.92 Å². The highest BCUT2D eigenvalue weighted by Gasteiger charge is 2.24. The van der Waals surface area contributed by atoms with E-state index in [1.165, 1.54) is 19.3 Å². The van der Waals surface area contributed by atoms with Crippen molar-refractivity contribution in [3.05, 3.63) is 0 Å². The van der Waals surface area contributed by atoms with E-state index in [9.17, 15) is 9.90 Å². The van der Waals surface area contributed by atoms with Gasteiger partial charge in [0.2, 0.25) is 5.91 Å². The lowest BCUT2D eigenvalue weighted by molar-refractivity contribution is -0.119. The molecule has 5 heteroatoms. The van der Waals surface area contributed by atoms with Crippen molar-refractivity contribution in [2.45, 2.75) is 45.6 Å². The van der Waals surface area contributed by atoms with E-state index >= 15 is 0 Å². The van der Waals surface area contributed by atoms with Crippen LogP contribution in [-0.4, -0.2) is 72.7 Å². The van der Waals surface area contributed by atoms with Crippen LogP contribution in [0.2, 0.25) is 0 Å². The summed E-state index contributed by atoms with van der Waals surface area (Å²) < 4.78 is 0. The van der Waals surface area contributed by atoms with Gasteiger partial charge in [0.1, 0.15) is 0 Å². The molecule has 0 radical (unpaired) electrons. The molecule has 0 spiro atoms. The van der Waals surface area contributed by atoms with Crippen LogP contribution in [0.25, 0.3) is 0 Å². The zero-order valence-corrected chi connectivity index (χ0v) is 14.3. The molecule has 128 valence electrons. The number of nitrogens with one attached hydrogen (secondary N) is 1.